The summed E-state index contributed by atoms with van der Waals surface area (Å²) in [5, 5.41) is 0. The minimum absolute atomic E-state index is 0.0119. The highest BCUT2D eigenvalue weighted by Crippen LogP contribution is 2.43. The lowest BCUT2D eigenvalue weighted by Gasteiger charge is -2.18. The molecule has 1 aliphatic heterocycles. The summed E-state index contributed by atoms with van der Waals surface area (Å²) in [6.45, 7) is 7.32. The molecule has 21 heavy (non-hydrogen) atoms. The molecule has 1 heterocycles. The first-order valence-electron chi connectivity index (χ1n) is 7.16. The van der Waals surface area contributed by atoms with Crippen LogP contribution in [0.15, 0.2) is 46.2 Å². The van der Waals surface area contributed by atoms with Gasteiger partial charge in [-0.15, -0.1) is 0 Å². The number of halogens is 1. The second-order valence-electron chi connectivity index (χ2n) is 6.45. The molecule has 0 fully saturated rings. The van der Waals surface area contributed by atoms with E-state index in [0.29, 0.717) is 4.90 Å². The number of hydrogen-bond donors (Lipinski definition) is 0. The lowest BCUT2D eigenvalue weighted by molar-refractivity contribution is 0.551. The Bertz CT molecular complexity index is 676. The molecule has 2 aromatic carbocycles. The molecule has 0 radical (unpaired) electrons. The van der Waals surface area contributed by atoms with Gasteiger partial charge >= 0.3 is 0 Å². The number of aryl methyl sites for hydroxylation is 1. The third kappa shape index (κ3) is 2.67. The van der Waals surface area contributed by atoms with Gasteiger partial charge in [0.2, 0.25) is 0 Å². The number of fused-ring (bicyclic) bond motifs is 1. The second-order valence-corrected chi connectivity index (χ2v) is 7.57. The first kappa shape index (κ1) is 14.5. The normalized spacial score (nSPS) is 16.1. The third-order valence-electron chi connectivity index (χ3n) is 4.07. The van der Waals surface area contributed by atoms with Crippen LogP contribution in [0.3, 0.4) is 0 Å². The van der Waals surface area contributed by atoms with Gasteiger partial charge in [-0.3, -0.25) is 0 Å². The summed E-state index contributed by atoms with van der Waals surface area (Å²) < 4.78 is 14.4. The van der Waals surface area contributed by atoms with Gasteiger partial charge in [-0.1, -0.05) is 43.3 Å². The lowest BCUT2D eigenvalue weighted by atomic mass is 9.87. The van der Waals surface area contributed by atoms with Crippen molar-refractivity contribution in [2.45, 2.75) is 36.0 Å². The van der Waals surface area contributed by atoms with E-state index in [1.54, 1.807) is 6.07 Å². The maximum atomic E-state index is 14.4. The SMILES string of the molecule is Cc1ccc(Sc2cc3c(cc2F)C(C)(C)CN3C)cc1. The van der Waals surface area contributed by atoms with Gasteiger partial charge < -0.3 is 4.90 Å². The molecule has 0 aliphatic carbocycles. The number of anilines is 1. The molecule has 3 rings (SSSR count). The van der Waals surface area contributed by atoms with Crippen LogP contribution in [0.2, 0.25) is 0 Å². The predicted octanol–water partition coefficient (Wildman–Crippen LogP) is 5.01. The summed E-state index contributed by atoms with van der Waals surface area (Å²) in [7, 11) is 2.08. The van der Waals surface area contributed by atoms with E-state index >= 15 is 0 Å². The van der Waals surface area contributed by atoms with Crippen LogP contribution in [0.1, 0.15) is 25.0 Å². The lowest BCUT2D eigenvalue weighted by Crippen LogP contribution is -2.24. The fourth-order valence-corrected chi connectivity index (χ4v) is 3.83. The highest BCUT2D eigenvalue weighted by molar-refractivity contribution is 7.99. The van der Waals surface area contributed by atoms with E-state index in [9.17, 15) is 4.39 Å². The van der Waals surface area contributed by atoms with Crippen LogP contribution in [0.5, 0.6) is 0 Å². The molecular weight excluding hydrogens is 281 g/mol. The summed E-state index contributed by atoms with van der Waals surface area (Å²) in [6.07, 6.45) is 0. The first-order valence-corrected chi connectivity index (χ1v) is 7.98. The van der Waals surface area contributed by atoms with Gasteiger partial charge in [0.25, 0.3) is 0 Å². The van der Waals surface area contributed by atoms with E-state index in [1.165, 1.54) is 17.3 Å². The molecule has 0 bridgehead atoms. The summed E-state index contributed by atoms with van der Waals surface area (Å²) in [5.74, 6) is -0.123. The Morgan fingerprint density at radius 2 is 1.81 bits per heavy atom. The first-order chi connectivity index (χ1) is 9.87. The van der Waals surface area contributed by atoms with Gasteiger partial charge in [-0.05, 0) is 36.8 Å². The van der Waals surface area contributed by atoms with Gasteiger partial charge in [0.15, 0.2) is 0 Å². The number of rotatable bonds is 2. The second kappa shape index (κ2) is 5.06. The van der Waals surface area contributed by atoms with Crippen LogP contribution in [0, 0.1) is 12.7 Å². The molecule has 0 spiro atoms. The van der Waals surface area contributed by atoms with E-state index < -0.39 is 0 Å². The van der Waals surface area contributed by atoms with Crippen molar-refractivity contribution in [1.29, 1.82) is 0 Å². The number of nitrogens with zero attached hydrogens (tertiary/aromatic N) is 1. The van der Waals surface area contributed by atoms with Crippen molar-refractivity contribution in [3.8, 4) is 0 Å². The molecule has 0 N–H and O–H groups in total. The van der Waals surface area contributed by atoms with Gasteiger partial charge in [-0.25, -0.2) is 4.39 Å². The van der Waals surface area contributed by atoms with Crippen LogP contribution >= 0.6 is 11.8 Å². The van der Waals surface area contributed by atoms with Gasteiger partial charge in [0.1, 0.15) is 5.82 Å². The molecule has 0 aromatic heterocycles. The summed E-state index contributed by atoms with van der Waals surface area (Å²) in [6, 6.07) is 11.9. The molecule has 2 aromatic rings. The van der Waals surface area contributed by atoms with Crippen molar-refractivity contribution in [1.82, 2.24) is 0 Å². The highest BCUT2D eigenvalue weighted by atomic mass is 32.2. The maximum Gasteiger partial charge on any atom is 0.137 e. The Morgan fingerprint density at radius 1 is 1.14 bits per heavy atom. The molecule has 3 heteroatoms. The van der Waals surface area contributed by atoms with Crippen LogP contribution < -0.4 is 4.90 Å². The van der Waals surface area contributed by atoms with E-state index in [4.69, 9.17) is 0 Å². The zero-order valence-corrected chi connectivity index (χ0v) is 13.7. The van der Waals surface area contributed by atoms with Crippen molar-refractivity contribution < 1.29 is 4.39 Å². The van der Waals surface area contributed by atoms with E-state index in [1.807, 2.05) is 18.2 Å². The van der Waals surface area contributed by atoms with Crippen LogP contribution in [0.25, 0.3) is 0 Å². The summed E-state index contributed by atoms with van der Waals surface area (Å²) in [5.41, 5.74) is 3.49. The topological polar surface area (TPSA) is 3.24 Å². The fourth-order valence-electron chi connectivity index (χ4n) is 2.98. The smallest absolute Gasteiger partial charge is 0.137 e. The minimum Gasteiger partial charge on any atom is -0.373 e. The summed E-state index contributed by atoms with van der Waals surface area (Å²) in [4.78, 5) is 3.98. The van der Waals surface area contributed by atoms with E-state index in [2.05, 4.69) is 44.9 Å². The number of hydrogen-bond acceptors (Lipinski definition) is 2. The zero-order chi connectivity index (χ0) is 15.2. The van der Waals surface area contributed by atoms with Crippen molar-refractivity contribution >= 4 is 17.4 Å². The van der Waals surface area contributed by atoms with Crippen molar-refractivity contribution in [2.75, 3.05) is 18.5 Å². The van der Waals surface area contributed by atoms with Crippen molar-refractivity contribution in [3.05, 3.63) is 53.3 Å². The molecular formula is C18H20FNS. The Balaban J connectivity index is 1.98. The number of benzene rings is 2. The largest absolute Gasteiger partial charge is 0.373 e. The highest BCUT2D eigenvalue weighted by Gasteiger charge is 2.34. The van der Waals surface area contributed by atoms with Gasteiger partial charge in [0, 0.05) is 29.6 Å². The van der Waals surface area contributed by atoms with Gasteiger partial charge in [-0.2, -0.15) is 0 Å². The molecule has 0 amide bonds. The van der Waals surface area contributed by atoms with Crippen LogP contribution in [0.4, 0.5) is 10.1 Å². The Hall–Kier alpha value is -1.48. The Labute approximate surface area is 130 Å². The molecule has 0 unspecified atom stereocenters. The Kier molecular flexibility index (Phi) is 3.48. The van der Waals surface area contributed by atoms with Crippen molar-refractivity contribution in [3.63, 3.8) is 0 Å². The summed E-state index contributed by atoms with van der Waals surface area (Å²) >= 11 is 1.49. The average molecular weight is 301 g/mol. The zero-order valence-electron chi connectivity index (χ0n) is 12.9. The molecule has 110 valence electrons. The number of likely N-dealkylation sites (N-methyl/N-ethyl adjacent to an activating group) is 1. The maximum absolute atomic E-state index is 14.4. The van der Waals surface area contributed by atoms with E-state index in [-0.39, 0.29) is 11.2 Å². The monoisotopic (exact) mass is 301 g/mol. The molecule has 1 aliphatic rings. The molecule has 0 saturated heterocycles. The minimum atomic E-state index is -0.123. The standard InChI is InChI=1S/C18H20FNS/c1-12-5-7-13(8-6-12)21-17-10-16-14(9-15(17)19)18(2,3)11-20(16)4/h5-10H,11H2,1-4H3. The van der Waals surface area contributed by atoms with E-state index in [0.717, 1.165) is 22.7 Å². The van der Waals surface area contributed by atoms with Gasteiger partial charge in [0.05, 0.1) is 4.90 Å². The van der Waals surface area contributed by atoms with Crippen LogP contribution in [-0.2, 0) is 5.41 Å². The average Bonchev–Trinajstić information content (AvgIpc) is 2.63. The van der Waals surface area contributed by atoms with Crippen LogP contribution in [-0.4, -0.2) is 13.6 Å². The molecule has 0 atom stereocenters. The third-order valence-corrected chi connectivity index (χ3v) is 5.11. The Morgan fingerprint density at radius 3 is 2.48 bits per heavy atom. The molecule has 0 saturated carbocycles. The predicted molar refractivity (Wildman–Crippen MR) is 88.0 cm³/mol. The fraction of sp³-hybridized carbons (Fsp3) is 0.333. The van der Waals surface area contributed by atoms with Crippen molar-refractivity contribution in [2.24, 2.45) is 0 Å². The quantitative estimate of drug-likeness (QED) is 0.767. The molecule has 1 nitrogen and oxygen atoms in total.